The molecule has 0 aromatic heterocycles. The molecule has 1 fully saturated rings. The highest BCUT2D eigenvalue weighted by atomic mass is 19.1. The molecular weight excluding hydrogens is 447 g/mol. The molecule has 1 aliphatic heterocycles. The van der Waals surface area contributed by atoms with Crippen molar-refractivity contribution in [1.29, 1.82) is 0 Å². The first-order chi connectivity index (χ1) is 17.1. The predicted octanol–water partition coefficient (Wildman–Crippen LogP) is 7.64. The Morgan fingerprint density at radius 1 is 0.886 bits per heavy atom. The average molecular weight is 487 g/mol. The first-order valence-electron chi connectivity index (χ1n) is 13.1. The molecule has 1 saturated heterocycles. The fourth-order valence-electron chi connectivity index (χ4n) is 4.08. The van der Waals surface area contributed by atoms with Crippen molar-refractivity contribution in [1.82, 2.24) is 0 Å². The van der Waals surface area contributed by atoms with Crippen LogP contribution in [0.2, 0.25) is 0 Å². The van der Waals surface area contributed by atoms with Gasteiger partial charge in [0.15, 0.2) is 6.29 Å². The fourth-order valence-corrected chi connectivity index (χ4v) is 4.08. The van der Waals surface area contributed by atoms with Gasteiger partial charge in [-0.3, -0.25) is 0 Å². The summed E-state index contributed by atoms with van der Waals surface area (Å²) in [6.07, 6.45) is 9.72. The Hall–Kier alpha value is -2.44. The minimum absolute atomic E-state index is 0.132. The molecule has 0 amide bonds. The number of hydrogen-bond acceptors (Lipinski definition) is 5. The number of halogens is 1. The molecule has 35 heavy (non-hydrogen) atoms. The van der Waals surface area contributed by atoms with Gasteiger partial charge in [0.1, 0.15) is 17.3 Å². The molecule has 3 rings (SSSR count). The summed E-state index contributed by atoms with van der Waals surface area (Å²) in [6, 6.07) is 11.1. The number of carbonyl (C=O) groups excluding carboxylic acids is 1. The predicted molar refractivity (Wildman–Crippen MR) is 134 cm³/mol. The SMILES string of the molecule is CCCCCCOc1ccc(OC(=O)c2ccc(C3OCC(CCCCCC)CO3)c(F)c2)cc1. The second-order valence-electron chi connectivity index (χ2n) is 9.22. The number of benzene rings is 2. The van der Waals surface area contributed by atoms with E-state index in [9.17, 15) is 9.18 Å². The third kappa shape index (κ3) is 8.93. The highest BCUT2D eigenvalue weighted by Gasteiger charge is 2.26. The Balaban J connectivity index is 1.46. The van der Waals surface area contributed by atoms with Crippen LogP contribution < -0.4 is 9.47 Å². The number of rotatable bonds is 14. The lowest BCUT2D eigenvalue weighted by atomic mass is 10.0. The van der Waals surface area contributed by atoms with Gasteiger partial charge in [-0.1, -0.05) is 64.9 Å². The van der Waals surface area contributed by atoms with Crippen molar-refractivity contribution in [3.8, 4) is 11.5 Å². The van der Waals surface area contributed by atoms with E-state index in [1.54, 1.807) is 24.3 Å². The van der Waals surface area contributed by atoms with E-state index >= 15 is 0 Å². The van der Waals surface area contributed by atoms with Crippen LogP contribution in [-0.4, -0.2) is 25.8 Å². The number of ether oxygens (including phenoxy) is 4. The third-order valence-corrected chi connectivity index (χ3v) is 6.22. The summed E-state index contributed by atoms with van der Waals surface area (Å²) in [6.45, 7) is 6.14. The summed E-state index contributed by atoms with van der Waals surface area (Å²) in [5.74, 6) is 0.284. The van der Waals surface area contributed by atoms with Crippen molar-refractivity contribution in [3.05, 3.63) is 59.4 Å². The molecule has 5 nitrogen and oxygen atoms in total. The van der Waals surface area contributed by atoms with Crippen molar-refractivity contribution < 1.29 is 28.1 Å². The van der Waals surface area contributed by atoms with Crippen LogP contribution in [0.25, 0.3) is 0 Å². The number of esters is 1. The molecule has 0 radical (unpaired) electrons. The van der Waals surface area contributed by atoms with Crippen LogP contribution in [0, 0.1) is 11.7 Å². The van der Waals surface area contributed by atoms with Gasteiger partial charge in [0, 0.05) is 11.5 Å². The van der Waals surface area contributed by atoms with Crippen LogP contribution in [-0.2, 0) is 9.47 Å². The van der Waals surface area contributed by atoms with E-state index in [4.69, 9.17) is 18.9 Å². The summed E-state index contributed by atoms with van der Waals surface area (Å²) >= 11 is 0. The Morgan fingerprint density at radius 2 is 1.54 bits per heavy atom. The first-order valence-corrected chi connectivity index (χ1v) is 13.1. The zero-order valence-corrected chi connectivity index (χ0v) is 21.1. The van der Waals surface area contributed by atoms with Gasteiger partial charge in [-0.25, -0.2) is 9.18 Å². The molecule has 0 bridgehead atoms. The molecule has 0 aliphatic carbocycles. The highest BCUT2D eigenvalue weighted by Crippen LogP contribution is 2.29. The monoisotopic (exact) mass is 486 g/mol. The van der Waals surface area contributed by atoms with E-state index in [2.05, 4.69) is 13.8 Å². The van der Waals surface area contributed by atoms with Crippen LogP contribution in [0.5, 0.6) is 11.5 Å². The van der Waals surface area contributed by atoms with Gasteiger partial charge in [-0.05, 0) is 49.2 Å². The van der Waals surface area contributed by atoms with Crippen LogP contribution in [0.1, 0.15) is 93.8 Å². The molecule has 0 saturated carbocycles. The van der Waals surface area contributed by atoms with Crippen molar-refractivity contribution >= 4 is 5.97 Å². The molecule has 2 aromatic rings. The lowest BCUT2D eigenvalue weighted by molar-refractivity contribution is -0.207. The Morgan fingerprint density at radius 3 is 2.20 bits per heavy atom. The molecule has 1 aliphatic rings. The van der Waals surface area contributed by atoms with Crippen molar-refractivity contribution in [3.63, 3.8) is 0 Å². The molecule has 0 unspecified atom stereocenters. The van der Waals surface area contributed by atoms with Gasteiger partial charge in [-0.15, -0.1) is 0 Å². The first kappa shape index (κ1) is 27.2. The maximum absolute atomic E-state index is 14.8. The molecule has 1 heterocycles. The van der Waals surface area contributed by atoms with Crippen LogP contribution in [0.4, 0.5) is 4.39 Å². The topological polar surface area (TPSA) is 54.0 Å². The zero-order chi connectivity index (χ0) is 24.9. The lowest BCUT2D eigenvalue weighted by Crippen LogP contribution is -2.27. The maximum Gasteiger partial charge on any atom is 0.343 e. The number of hydrogen-bond donors (Lipinski definition) is 0. The second-order valence-corrected chi connectivity index (χ2v) is 9.22. The normalized spacial score (nSPS) is 17.8. The zero-order valence-electron chi connectivity index (χ0n) is 21.1. The standard InChI is InChI=1S/C29H39FO5/c1-3-5-7-9-11-22-20-33-29(34-21-22)26-17-12-23(19-27(26)30)28(31)35-25-15-13-24(14-16-25)32-18-10-8-6-4-2/h12-17,19,22,29H,3-11,18,20-21H2,1-2H3. The molecule has 192 valence electrons. The van der Waals surface area contributed by atoms with Gasteiger partial charge in [0.25, 0.3) is 0 Å². The number of unbranched alkanes of at least 4 members (excludes halogenated alkanes) is 6. The third-order valence-electron chi connectivity index (χ3n) is 6.22. The minimum Gasteiger partial charge on any atom is -0.494 e. The second kappa shape index (κ2) is 14.8. The van der Waals surface area contributed by atoms with Crippen molar-refractivity contribution in [2.24, 2.45) is 5.92 Å². The van der Waals surface area contributed by atoms with Gasteiger partial charge >= 0.3 is 5.97 Å². The summed E-state index contributed by atoms with van der Waals surface area (Å²) in [4.78, 5) is 12.5. The van der Waals surface area contributed by atoms with Gasteiger partial charge < -0.3 is 18.9 Å². The van der Waals surface area contributed by atoms with Crippen molar-refractivity contribution in [2.75, 3.05) is 19.8 Å². The maximum atomic E-state index is 14.8. The lowest BCUT2D eigenvalue weighted by Gasteiger charge is -2.30. The van der Waals surface area contributed by atoms with E-state index in [1.807, 2.05) is 0 Å². The van der Waals surface area contributed by atoms with E-state index in [1.165, 1.54) is 50.3 Å². The van der Waals surface area contributed by atoms with Gasteiger partial charge in [-0.2, -0.15) is 0 Å². The Labute approximate surface area is 208 Å². The largest absolute Gasteiger partial charge is 0.494 e. The quantitative estimate of drug-likeness (QED) is 0.156. The van der Waals surface area contributed by atoms with Gasteiger partial charge in [0.05, 0.1) is 25.4 Å². The number of carbonyl (C=O) groups is 1. The van der Waals surface area contributed by atoms with Crippen LogP contribution in [0.15, 0.2) is 42.5 Å². The fraction of sp³-hybridized carbons (Fsp3) is 0.552. The van der Waals surface area contributed by atoms with Gasteiger partial charge in [0.2, 0.25) is 0 Å². The minimum atomic E-state index is -0.749. The Kier molecular flexibility index (Phi) is 11.5. The van der Waals surface area contributed by atoms with E-state index in [0.717, 1.165) is 31.4 Å². The summed E-state index contributed by atoms with van der Waals surface area (Å²) in [5, 5.41) is 0. The molecule has 2 aromatic carbocycles. The molecule has 0 spiro atoms. The average Bonchev–Trinajstić information content (AvgIpc) is 2.88. The Bertz CT molecular complexity index is 890. The molecule has 0 atom stereocenters. The summed E-state index contributed by atoms with van der Waals surface area (Å²) in [5.41, 5.74) is 0.429. The van der Waals surface area contributed by atoms with E-state index in [0.29, 0.717) is 37.1 Å². The van der Waals surface area contributed by atoms with Crippen molar-refractivity contribution in [2.45, 2.75) is 77.9 Å². The van der Waals surface area contributed by atoms with E-state index < -0.39 is 18.1 Å². The smallest absolute Gasteiger partial charge is 0.343 e. The highest BCUT2D eigenvalue weighted by molar-refractivity contribution is 5.91. The molecular formula is C29H39FO5. The van der Waals surface area contributed by atoms with E-state index in [-0.39, 0.29) is 5.56 Å². The molecule has 0 N–H and O–H groups in total. The van der Waals surface area contributed by atoms with Crippen LogP contribution >= 0.6 is 0 Å². The summed E-state index contributed by atoms with van der Waals surface area (Å²) < 4.78 is 37.4. The molecule has 6 heteroatoms. The van der Waals surface area contributed by atoms with Crippen LogP contribution in [0.3, 0.4) is 0 Å². The summed E-state index contributed by atoms with van der Waals surface area (Å²) in [7, 11) is 0.